The summed E-state index contributed by atoms with van der Waals surface area (Å²) in [6, 6.07) is 75.5. The third-order valence-electron chi connectivity index (χ3n) is 10.8. The van der Waals surface area contributed by atoms with Crippen LogP contribution in [0.1, 0.15) is 22.3 Å². The molecule has 1 aromatic heterocycles. The Hall–Kier alpha value is -7.23. The molecule has 0 saturated heterocycles. The second-order valence-corrected chi connectivity index (χ2v) is 14.0. The molecule has 0 fully saturated rings. The van der Waals surface area contributed by atoms with Gasteiger partial charge in [-0.25, -0.2) is 15.0 Å². The van der Waals surface area contributed by atoms with Crippen molar-refractivity contribution < 1.29 is 0 Å². The molecule has 0 saturated carbocycles. The lowest BCUT2D eigenvalue weighted by Crippen LogP contribution is -2.28. The first-order chi connectivity index (χ1) is 27.3. The monoisotopic (exact) mass is 701 g/mol. The van der Waals surface area contributed by atoms with E-state index in [4.69, 9.17) is 15.0 Å². The van der Waals surface area contributed by atoms with E-state index in [1.54, 1.807) is 0 Å². The minimum Gasteiger partial charge on any atom is -0.208 e. The number of hydrogen-bond acceptors (Lipinski definition) is 3. The maximum Gasteiger partial charge on any atom is 0.164 e. The zero-order valence-corrected chi connectivity index (χ0v) is 30.0. The summed E-state index contributed by atoms with van der Waals surface area (Å²) >= 11 is 0. The predicted octanol–water partition coefficient (Wildman–Crippen LogP) is 12.6. The number of aromatic nitrogens is 3. The molecule has 0 atom stereocenters. The molecule has 55 heavy (non-hydrogen) atoms. The molecule has 9 aromatic rings. The van der Waals surface area contributed by atoms with Crippen LogP contribution < -0.4 is 0 Å². The van der Waals surface area contributed by atoms with E-state index < -0.39 is 5.41 Å². The van der Waals surface area contributed by atoms with E-state index in [2.05, 4.69) is 152 Å². The van der Waals surface area contributed by atoms with E-state index in [0.29, 0.717) is 17.5 Å². The van der Waals surface area contributed by atoms with Crippen LogP contribution >= 0.6 is 0 Å². The summed E-state index contributed by atoms with van der Waals surface area (Å²) in [5.41, 5.74) is 14.8. The highest BCUT2D eigenvalue weighted by Gasteiger charge is 2.46. The van der Waals surface area contributed by atoms with Crippen molar-refractivity contribution in [2.75, 3.05) is 0 Å². The first-order valence-corrected chi connectivity index (χ1v) is 18.7. The van der Waals surface area contributed by atoms with Gasteiger partial charge in [-0.2, -0.15) is 0 Å². The molecule has 0 radical (unpaired) electrons. The molecule has 0 spiro atoms. The molecular weight excluding hydrogens is 667 g/mol. The molecule has 8 aromatic carbocycles. The second kappa shape index (κ2) is 13.6. The van der Waals surface area contributed by atoms with Gasteiger partial charge in [-0.05, 0) is 67.8 Å². The van der Waals surface area contributed by atoms with Crippen LogP contribution in [0.5, 0.6) is 0 Å². The molecule has 1 heterocycles. The van der Waals surface area contributed by atoms with E-state index >= 15 is 0 Å². The molecule has 1 aliphatic carbocycles. The van der Waals surface area contributed by atoms with E-state index in [-0.39, 0.29) is 0 Å². The first kappa shape index (κ1) is 32.4. The van der Waals surface area contributed by atoms with Crippen molar-refractivity contribution in [1.82, 2.24) is 15.0 Å². The van der Waals surface area contributed by atoms with Crippen LogP contribution in [0, 0.1) is 0 Å². The molecule has 258 valence electrons. The summed E-state index contributed by atoms with van der Waals surface area (Å²) in [7, 11) is 0. The molecule has 0 aliphatic heterocycles. The van der Waals surface area contributed by atoms with Gasteiger partial charge < -0.3 is 0 Å². The fraction of sp³-hybridized carbons (Fsp3) is 0.0192. The molecule has 10 rings (SSSR count). The lowest BCUT2D eigenvalue weighted by Gasteiger charge is -2.34. The number of nitrogens with zero attached hydrogens (tertiary/aromatic N) is 3. The summed E-state index contributed by atoms with van der Waals surface area (Å²) in [5, 5.41) is 0. The van der Waals surface area contributed by atoms with Crippen molar-refractivity contribution >= 4 is 0 Å². The Morgan fingerprint density at radius 3 is 1.20 bits per heavy atom. The van der Waals surface area contributed by atoms with Crippen molar-refractivity contribution in [2.24, 2.45) is 0 Å². The average Bonchev–Trinajstić information content (AvgIpc) is 3.58. The van der Waals surface area contributed by atoms with Crippen LogP contribution in [0.4, 0.5) is 0 Å². The van der Waals surface area contributed by atoms with E-state index in [0.717, 1.165) is 27.8 Å². The van der Waals surface area contributed by atoms with Gasteiger partial charge in [0.2, 0.25) is 0 Å². The third-order valence-corrected chi connectivity index (χ3v) is 10.8. The predicted molar refractivity (Wildman–Crippen MR) is 224 cm³/mol. The minimum absolute atomic E-state index is 0.437. The first-order valence-electron chi connectivity index (χ1n) is 18.7. The SMILES string of the molecule is c1ccc(-c2nc(-c3ccccc3)nc(-c3ccc(-c4cccc(-c5ccc6c(c5)C(c5ccccc5)(c5ccccc5)c5ccccc5-6)c4)cc3)n2)cc1. The fourth-order valence-corrected chi connectivity index (χ4v) is 8.25. The van der Waals surface area contributed by atoms with Crippen LogP contribution in [-0.2, 0) is 5.41 Å². The molecule has 0 bridgehead atoms. The number of benzene rings is 8. The quantitative estimate of drug-likeness (QED) is 0.166. The zero-order valence-electron chi connectivity index (χ0n) is 30.0. The van der Waals surface area contributed by atoms with Gasteiger partial charge >= 0.3 is 0 Å². The molecule has 0 N–H and O–H groups in total. The van der Waals surface area contributed by atoms with Crippen molar-refractivity contribution in [1.29, 1.82) is 0 Å². The van der Waals surface area contributed by atoms with Crippen molar-refractivity contribution in [3.8, 4) is 67.5 Å². The van der Waals surface area contributed by atoms with Gasteiger partial charge in [0.15, 0.2) is 17.5 Å². The van der Waals surface area contributed by atoms with Gasteiger partial charge in [-0.1, -0.05) is 200 Å². The van der Waals surface area contributed by atoms with E-state index in [1.807, 2.05) is 60.7 Å². The minimum atomic E-state index is -0.437. The van der Waals surface area contributed by atoms with Gasteiger partial charge in [0.05, 0.1) is 5.41 Å². The van der Waals surface area contributed by atoms with Crippen molar-refractivity contribution in [3.63, 3.8) is 0 Å². The topological polar surface area (TPSA) is 38.7 Å². The second-order valence-electron chi connectivity index (χ2n) is 14.0. The summed E-state index contributed by atoms with van der Waals surface area (Å²) in [5.74, 6) is 1.96. The molecule has 3 heteroatoms. The van der Waals surface area contributed by atoms with Crippen LogP contribution in [0.3, 0.4) is 0 Å². The highest BCUT2D eigenvalue weighted by Crippen LogP contribution is 2.56. The van der Waals surface area contributed by atoms with Crippen LogP contribution in [0.2, 0.25) is 0 Å². The standard InChI is InChI=1S/C52H35N3/c1-5-16-37(17-6-1)49-53-50(38-18-7-2-8-19-38)55-51(54-49)39-30-28-36(29-31-39)40-20-15-21-41(34-40)42-32-33-46-45-26-13-14-27-47(45)52(48(46)35-42,43-22-9-3-10-23-43)44-24-11-4-12-25-44/h1-35H. The lowest BCUT2D eigenvalue weighted by molar-refractivity contribution is 0.769. The van der Waals surface area contributed by atoms with E-state index in [9.17, 15) is 0 Å². The van der Waals surface area contributed by atoms with Crippen LogP contribution in [0.15, 0.2) is 212 Å². The summed E-state index contributed by atoms with van der Waals surface area (Å²) < 4.78 is 0. The highest BCUT2D eigenvalue weighted by molar-refractivity contribution is 5.89. The third kappa shape index (κ3) is 5.65. The summed E-state index contributed by atoms with van der Waals surface area (Å²) in [6.07, 6.45) is 0. The van der Waals surface area contributed by atoms with Gasteiger partial charge in [-0.3, -0.25) is 0 Å². The number of hydrogen-bond donors (Lipinski definition) is 0. The Kier molecular flexibility index (Phi) is 8.04. The molecule has 0 amide bonds. The molecular formula is C52H35N3. The Labute approximate surface area is 321 Å². The lowest BCUT2D eigenvalue weighted by atomic mass is 9.67. The van der Waals surface area contributed by atoms with E-state index in [1.165, 1.54) is 44.5 Å². The molecule has 1 aliphatic rings. The maximum atomic E-state index is 4.93. The summed E-state index contributed by atoms with van der Waals surface area (Å²) in [6.45, 7) is 0. The van der Waals surface area contributed by atoms with Crippen LogP contribution in [-0.4, -0.2) is 15.0 Å². The van der Waals surface area contributed by atoms with Crippen molar-refractivity contribution in [3.05, 3.63) is 235 Å². The number of rotatable bonds is 7. The number of fused-ring (bicyclic) bond motifs is 3. The normalized spacial score (nSPS) is 12.5. The van der Waals surface area contributed by atoms with Gasteiger partial charge in [0.1, 0.15) is 0 Å². The van der Waals surface area contributed by atoms with Crippen molar-refractivity contribution in [2.45, 2.75) is 5.41 Å². The van der Waals surface area contributed by atoms with Crippen LogP contribution in [0.25, 0.3) is 67.5 Å². The van der Waals surface area contributed by atoms with Gasteiger partial charge in [0, 0.05) is 16.7 Å². The Morgan fingerprint density at radius 1 is 0.255 bits per heavy atom. The zero-order chi connectivity index (χ0) is 36.6. The molecule has 0 unspecified atom stereocenters. The van der Waals surface area contributed by atoms with Gasteiger partial charge in [0.25, 0.3) is 0 Å². The largest absolute Gasteiger partial charge is 0.208 e. The highest BCUT2D eigenvalue weighted by atomic mass is 15.0. The summed E-state index contributed by atoms with van der Waals surface area (Å²) in [4.78, 5) is 14.7. The Balaban J connectivity index is 1.04. The average molecular weight is 702 g/mol. The molecule has 3 nitrogen and oxygen atoms in total. The fourth-order valence-electron chi connectivity index (χ4n) is 8.25. The smallest absolute Gasteiger partial charge is 0.164 e. The maximum absolute atomic E-state index is 4.93. The van der Waals surface area contributed by atoms with Gasteiger partial charge in [-0.15, -0.1) is 0 Å². The Bertz CT molecular complexity index is 2680. The Morgan fingerprint density at radius 2 is 0.636 bits per heavy atom.